The van der Waals surface area contributed by atoms with Gasteiger partial charge in [-0.15, -0.1) is 0 Å². The highest BCUT2D eigenvalue weighted by Crippen LogP contribution is 2.62. The van der Waals surface area contributed by atoms with Crippen LogP contribution in [-0.2, 0) is 0 Å². The highest BCUT2D eigenvalue weighted by Gasteiger charge is 2.64. The second kappa shape index (κ2) is 4.12. The molecule has 0 aromatic rings. The van der Waals surface area contributed by atoms with E-state index in [1.54, 1.807) is 5.57 Å². The Hall–Kier alpha value is -0.300. The van der Waals surface area contributed by atoms with Crippen LogP contribution < -0.4 is 5.32 Å². The van der Waals surface area contributed by atoms with E-state index in [-0.39, 0.29) is 0 Å². The summed E-state index contributed by atoms with van der Waals surface area (Å²) in [5, 5.41) is 3.82. The number of allylic oxidation sites excluding steroid dienone is 2. The molecule has 0 spiro atoms. The van der Waals surface area contributed by atoms with Crippen molar-refractivity contribution >= 4 is 0 Å². The Morgan fingerprint density at radius 1 is 1.24 bits per heavy atom. The van der Waals surface area contributed by atoms with Gasteiger partial charge >= 0.3 is 0 Å². The molecule has 98 valence electrons. The number of rotatable bonds is 3. The van der Waals surface area contributed by atoms with Crippen LogP contribution in [0.1, 0.15) is 54.4 Å². The third-order valence-electron chi connectivity index (χ3n) is 5.52. The van der Waals surface area contributed by atoms with Crippen LogP contribution in [0, 0.1) is 22.7 Å². The van der Waals surface area contributed by atoms with E-state index in [0.717, 1.165) is 11.8 Å². The summed E-state index contributed by atoms with van der Waals surface area (Å²) in [6, 6.07) is 0.705. The van der Waals surface area contributed by atoms with Gasteiger partial charge in [0, 0.05) is 6.04 Å². The maximum atomic E-state index is 3.82. The van der Waals surface area contributed by atoms with Crippen LogP contribution in [0.4, 0.5) is 0 Å². The van der Waals surface area contributed by atoms with Crippen molar-refractivity contribution in [2.24, 2.45) is 22.7 Å². The SMILES string of the molecule is CC1=CC(C)CC(CNC2C(C)(C)C2(C)C)C1. The summed E-state index contributed by atoms with van der Waals surface area (Å²) in [6.45, 7) is 15.4. The molecule has 0 amide bonds. The largest absolute Gasteiger partial charge is 0.313 e. The highest BCUT2D eigenvalue weighted by molar-refractivity contribution is 5.18. The third-order valence-corrected chi connectivity index (χ3v) is 5.52. The molecule has 1 nitrogen and oxygen atoms in total. The number of nitrogens with one attached hydrogen (secondary N) is 1. The van der Waals surface area contributed by atoms with E-state index in [2.05, 4.69) is 52.9 Å². The molecule has 1 heteroatoms. The van der Waals surface area contributed by atoms with E-state index < -0.39 is 0 Å². The normalized spacial score (nSPS) is 35.5. The van der Waals surface area contributed by atoms with Crippen molar-refractivity contribution in [1.29, 1.82) is 0 Å². The second-order valence-electron chi connectivity index (χ2n) is 7.58. The minimum Gasteiger partial charge on any atom is -0.313 e. The van der Waals surface area contributed by atoms with E-state index >= 15 is 0 Å². The number of hydrogen-bond donors (Lipinski definition) is 1. The maximum absolute atomic E-state index is 3.82. The Balaban J connectivity index is 1.83. The first-order valence-corrected chi connectivity index (χ1v) is 7.16. The zero-order valence-electron chi connectivity index (χ0n) is 12.4. The Kier molecular flexibility index (Phi) is 3.18. The lowest BCUT2D eigenvalue weighted by atomic mass is 9.83. The summed E-state index contributed by atoms with van der Waals surface area (Å²) in [5.74, 6) is 1.62. The average molecular weight is 235 g/mol. The van der Waals surface area contributed by atoms with Gasteiger partial charge in [-0.2, -0.15) is 0 Å². The zero-order chi connectivity index (χ0) is 12.8. The minimum absolute atomic E-state index is 0.470. The molecule has 2 rings (SSSR count). The summed E-state index contributed by atoms with van der Waals surface area (Å²) in [7, 11) is 0. The molecule has 1 N–H and O–H groups in total. The molecular weight excluding hydrogens is 206 g/mol. The van der Waals surface area contributed by atoms with Gasteiger partial charge < -0.3 is 5.32 Å². The molecule has 0 aromatic heterocycles. The molecule has 0 aliphatic heterocycles. The molecule has 2 unspecified atom stereocenters. The molecule has 1 fully saturated rings. The van der Waals surface area contributed by atoms with Gasteiger partial charge in [0.1, 0.15) is 0 Å². The van der Waals surface area contributed by atoms with Crippen LogP contribution in [0.25, 0.3) is 0 Å². The fraction of sp³-hybridized carbons (Fsp3) is 0.875. The Bertz CT molecular complexity index is 310. The predicted octanol–water partition coefficient (Wildman–Crippen LogP) is 4.00. The van der Waals surface area contributed by atoms with E-state index in [9.17, 15) is 0 Å². The van der Waals surface area contributed by atoms with E-state index in [1.807, 2.05) is 0 Å². The highest BCUT2D eigenvalue weighted by atomic mass is 15.0. The van der Waals surface area contributed by atoms with Crippen LogP contribution >= 0.6 is 0 Å². The molecule has 2 aliphatic rings. The van der Waals surface area contributed by atoms with Gasteiger partial charge in [0.15, 0.2) is 0 Å². The fourth-order valence-corrected chi connectivity index (χ4v) is 3.83. The van der Waals surface area contributed by atoms with Crippen LogP contribution in [0.15, 0.2) is 11.6 Å². The van der Waals surface area contributed by atoms with Gasteiger partial charge in [0.05, 0.1) is 0 Å². The number of hydrogen-bond acceptors (Lipinski definition) is 1. The van der Waals surface area contributed by atoms with Crippen LogP contribution in [0.5, 0.6) is 0 Å². The summed E-state index contributed by atoms with van der Waals surface area (Å²) < 4.78 is 0. The lowest BCUT2D eigenvalue weighted by molar-refractivity contribution is 0.369. The van der Waals surface area contributed by atoms with Crippen molar-refractivity contribution in [2.45, 2.75) is 60.4 Å². The van der Waals surface area contributed by atoms with Crippen molar-refractivity contribution < 1.29 is 0 Å². The second-order valence-corrected chi connectivity index (χ2v) is 7.58. The minimum atomic E-state index is 0.470. The molecule has 0 heterocycles. The average Bonchev–Trinajstić information content (AvgIpc) is 2.53. The summed E-state index contributed by atoms with van der Waals surface area (Å²) in [6.07, 6.45) is 5.10. The zero-order valence-corrected chi connectivity index (χ0v) is 12.4. The Morgan fingerprint density at radius 3 is 2.29 bits per heavy atom. The van der Waals surface area contributed by atoms with Crippen molar-refractivity contribution in [2.75, 3.05) is 6.54 Å². The summed E-state index contributed by atoms with van der Waals surface area (Å²) in [5.41, 5.74) is 2.53. The molecule has 17 heavy (non-hydrogen) atoms. The fourth-order valence-electron chi connectivity index (χ4n) is 3.83. The Labute approximate surface area is 107 Å². The van der Waals surface area contributed by atoms with Crippen LogP contribution in [0.2, 0.25) is 0 Å². The summed E-state index contributed by atoms with van der Waals surface area (Å²) in [4.78, 5) is 0. The van der Waals surface area contributed by atoms with Gasteiger partial charge in [-0.3, -0.25) is 0 Å². The van der Waals surface area contributed by atoms with Crippen molar-refractivity contribution in [1.82, 2.24) is 5.32 Å². The monoisotopic (exact) mass is 235 g/mol. The molecule has 1 saturated carbocycles. The lowest BCUT2D eigenvalue weighted by Gasteiger charge is -2.26. The first kappa shape index (κ1) is 13.1. The quantitative estimate of drug-likeness (QED) is 0.729. The van der Waals surface area contributed by atoms with Gasteiger partial charge in [-0.05, 0) is 49.0 Å². The molecule has 2 aliphatic carbocycles. The van der Waals surface area contributed by atoms with E-state index in [1.165, 1.54) is 19.4 Å². The van der Waals surface area contributed by atoms with Gasteiger partial charge in [0.25, 0.3) is 0 Å². The standard InChI is InChI=1S/C16H29N/c1-11-7-12(2)9-13(8-11)10-17-14-15(3,4)16(14,5)6/h7,11,13-14,17H,8-10H2,1-6H3. The molecule has 0 bridgehead atoms. The molecule has 2 atom stereocenters. The first-order valence-electron chi connectivity index (χ1n) is 7.16. The molecule has 0 aromatic carbocycles. The van der Waals surface area contributed by atoms with Gasteiger partial charge in [-0.1, -0.05) is 46.3 Å². The summed E-state index contributed by atoms with van der Waals surface area (Å²) >= 11 is 0. The van der Waals surface area contributed by atoms with Gasteiger partial charge in [0.2, 0.25) is 0 Å². The van der Waals surface area contributed by atoms with Crippen molar-refractivity contribution in [3.63, 3.8) is 0 Å². The maximum Gasteiger partial charge on any atom is 0.0181 e. The predicted molar refractivity (Wildman–Crippen MR) is 75.0 cm³/mol. The van der Waals surface area contributed by atoms with Crippen molar-refractivity contribution in [3.05, 3.63) is 11.6 Å². The topological polar surface area (TPSA) is 12.0 Å². The molecule has 0 saturated heterocycles. The molecular formula is C16H29N. The van der Waals surface area contributed by atoms with Crippen LogP contribution in [-0.4, -0.2) is 12.6 Å². The van der Waals surface area contributed by atoms with E-state index in [4.69, 9.17) is 0 Å². The van der Waals surface area contributed by atoms with Crippen LogP contribution in [0.3, 0.4) is 0 Å². The first-order chi connectivity index (χ1) is 7.75. The van der Waals surface area contributed by atoms with E-state index in [0.29, 0.717) is 16.9 Å². The third kappa shape index (κ3) is 2.31. The lowest BCUT2D eigenvalue weighted by Crippen LogP contribution is -2.30. The smallest absolute Gasteiger partial charge is 0.0181 e. The molecule has 0 radical (unpaired) electrons. The Morgan fingerprint density at radius 2 is 1.82 bits per heavy atom. The van der Waals surface area contributed by atoms with Gasteiger partial charge in [-0.25, -0.2) is 0 Å². The van der Waals surface area contributed by atoms with Crippen molar-refractivity contribution in [3.8, 4) is 0 Å².